The number of carbonyl (C=O) groups excluding carboxylic acids is 1. The molecule has 0 radical (unpaired) electrons. The molecule has 1 aromatic carbocycles. The number of rotatable bonds is 5. The zero-order valence-electron chi connectivity index (χ0n) is 20.4. The number of ether oxygens (including phenoxy) is 1. The van der Waals surface area contributed by atoms with E-state index in [1.165, 1.54) is 0 Å². The Labute approximate surface area is 219 Å². The van der Waals surface area contributed by atoms with Gasteiger partial charge in [0, 0.05) is 68.0 Å². The van der Waals surface area contributed by atoms with Crippen LogP contribution in [0.3, 0.4) is 0 Å². The van der Waals surface area contributed by atoms with E-state index in [-0.39, 0.29) is 36.4 Å². The van der Waals surface area contributed by atoms with E-state index < -0.39 is 0 Å². The molecule has 2 aliphatic heterocycles. The van der Waals surface area contributed by atoms with Crippen LogP contribution in [0, 0.1) is 5.92 Å². The molecule has 7 rings (SSSR count). The topological polar surface area (TPSA) is 117 Å². The monoisotopic (exact) mass is 521 g/mol. The highest BCUT2D eigenvalue weighted by Gasteiger charge is 2.32. The minimum absolute atomic E-state index is 0. The molecule has 2 bridgehead atoms. The van der Waals surface area contributed by atoms with E-state index in [1.54, 1.807) is 12.4 Å². The van der Waals surface area contributed by atoms with Crippen molar-refractivity contribution in [2.24, 2.45) is 5.92 Å². The summed E-state index contributed by atoms with van der Waals surface area (Å²) in [7, 11) is 1.82. The average molecular weight is 522 g/mol. The van der Waals surface area contributed by atoms with Gasteiger partial charge in [-0.25, -0.2) is 15.0 Å². The van der Waals surface area contributed by atoms with E-state index >= 15 is 0 Å². The summed E-state index contributed by atoms with van der Waals surface area (Å²) in [6, 6.07) is 8.01. The standard InChI is InChI=1S/C26H27N7O3.ClH/c1-27-24-19-10-29-23(32-25(34)14-2-3-14)7-18(19)20(11-30-24)26-31-21-6-15(4-5-22(21)36-26)33-12-16-8-28-9-17(13-33)35-16;/h4-7,10-11,14,16-17,28H,2-3,8-9,12-13H2,1H3,(H,27,30)(H,29,32,34);1H. The third kappa shape index (κ3) is 4.45. The number of aromatic nitrogens is 3. The van der Waals surface area contributed by atoms with Gasteiger partial charge in [-0.3, -0.25) is 4.79 Å². The minimum atomic E-state index is 0. The van der Waals surface area contributed by atoms with Gasteiger partial charge < -0.3 is 30.0 Å². The number of oxazole rings is 1. The van der Waals surface area contributed by atoms with Crippen LogP contribution >= 0.6 is 12.4 Å². The molecule has 1 aliphatic carbocycles. The van der Waals surface area contributed by atoms with Crippen molar-refractivity contribution in [2.75, 3.05) is 48.8 Å². The summed E-state index contributed by atoms with van der Waals surface area (Å²) in [5.74, 6) is 1.81. The maximum absolute atomic E-state index is 12.3. The second-order valence-corrected chi connectivity index (χ2v) is 9.76. The van der Waals surface area contributed by atoms with Crippen LogP contribution in [0.15, 0.2) is 41.1 Å². The molecule has 1 amide bonds. The molecule has 2 unspecified atom stereocenters. The van der Waals surface area contributed by atoms with E-state index in [1.807, 2.05) is 19.2 Å². The highest BCUT2D eigenvalue weighted by atomic mass is 35.5. The van der Waals surface area contributed by atoms with E-state index in [9.17, 15) is 4.79 Å². The van der Waals surface area contributed by atoms with Crippen LogP contribution in [0.5, 0.6) is 0 Å². The van der Waals surface area contributed by atoms with Gasteiger partial charge in [0.2, 0.25) is 11.8 Å². The van der Waals surface area contributed by atoms with Crippen molar-refractivity contribution < 1.29 is 13.9 Å². The first-order valence-corrected chi connectivity index (χ1v) is 12.4. The van der Waals surface area contributed by atoms with Gasteiger partial charge in [-0.1, -0.05) is 0 Å². The summed E-state index contributed by atoms with van der Waals surface area (Å²) in [4.78, 5) is 28.5. The van der Waals surface area contributed by atoms with Crippen LogP contribution in [-0.2, 0) is 9.53 Å². The Balaban J connectivity index is 0.00000252. The number of nitrogens with one attached hydrogen (secondary N) is 3. The van der Waals surface area contributed by atoms with Gasteiger partial charge in [0.15, 0.2) is 5.58 Å². The van der Waals surface area contributed by atoms with E-state index in [0.29, 0.717) is 23.1 Å². The van der Waals surface area contributed by atoms with Crippen LogP contribution in [0.1, 0.15) is 12.8 Å². The number of nitrogens with zero attached hydrogens (tertiary/aromatic N) is 4. The molecule has 0 spiro atoms. The van der Waals surface area contributed by atoms with Crippen molar-refractivity contribution in [3.05, 3.63) is 36.7 Å². The number of benzene rings is 1. The summed E-state index contributed by atoms with van der Waals surface area (Å²) in [6.07, 6.45) is 5.76. The van der Waals surface area contributed by atoms with Gasteiger partial charge in [0.25, 0.3) is 0 Å². The van der Waals surface area contributed by atoms with Gasteiger partial charge in [-0.15, -0.1) is 12.4 Å². The fourth-order valence-corrected chi connectivity index (χ4v) is 5.14. The molecule has 3 fully saturated rings. The Hall–Kier alpha value is -3.47. The number of carbonyl (C=O) groups is 1. The van der Waals surface area contributed by atoms with Gasteiger partial charge in [-0.2, -0.15) is 0 Å². The third-order valence-electron chi connectivity index (χ3n) is 7.15. The predicted octanol–water partition coefficient (Wildman–Crippen LogP) is 3.43. The summed E-state index contributed by atoms with van der Waals surface area (Å²) in [5.41, 5.74) is 3.37. The molecule has 37 heavy (non-hydrogen) atoms. The van der Waals surface area contributed by atoms with Crippen LogP contribution in [0.25, 0.3) is 33.3 Å². The molecule has 10 nitrogen and oxygen atoms in total. The number of fused-ring (bicyclic) bond motifs is 4. The van der Waals surface area contributed by atoms with Crippen molar-refractivity contribution in [1.29, 1.82) is 0 Å². The van der Waals surface area contributed by atoms with E-state index in [4.69, 9.17) is 14.1 Å². The summed E-state index contributed by atoms with van der Waals surface area (Å²) >= 11 is 0. The second kappa shape index (κ2) is 9.44. The van der Waals surface area contributed by atoms with Crippen LogP contribution in [-0.4, -0.2) is 66.3 Å². The Morgan fingerprint density at radius 2 is 1.89 bits per heavy atom. The zero-order chi connectivity index (χ0) is 24.2. The van der Waals surface area contributed by atoms with Crippen LogP contribution < -0.4 is 20.9 Å². The molecule has 192 valence electrons. The first kappa shape index (κ1) is 23.9. The number of morpholine rings is 2. The molecule has 2 saturated heterocycles. The molecule has 11 heteroatoms. The number of hydrogen-bond donors (Lipinski definition) is 3. The summed E-state index contributed by atoms with van der Waals surface area (Å²) in [6.45, 7) is 3.46. The van der Waals surface area contributed by atoms with Gasteiger partial charge in [-0.05, 0) is 37.1 Å². The molecule has 1 saturated carbocycles. The Kier molecular flexibility index (Phi) is 6.10. The average Bonchev–Trinajstić information content (AvgIpc) is 3.66. The number of halogens is 1. The van der Waals surface area contributed by atoms with Crippen molar-refractivity contribution in [2.45, 2.75) is 25.0 Å². The lowest BCUT2D eigenvalue weighted by atomic mass is 10.1. The zero-order valence-corrected chi connectivity index (χ0v) is 21.2. The molecule has 3 aromatic heterocycles. The number of pyridine rings is 2. The fourth-order valence-electron chi connectivity index (χ4n) is 5.14. The first-order chi connectivity index (χ1) is 17.6. The second-order valence-electron chi connectivity index (χ2n) is 9.76. The summed E-state index contributed by atoms with van der Waals surface area (Å²) in [5, 5.41) is 11.2. The largest absolute Gasteiger partial charge is 0.436 e. The molecule has 3 N–H and O–H groups in total. The quantitative estimate of drug-likeness (QED) is 0.363. The van der Waals surface area contributed by atoms with Gasteiger partial charge in [0.05, 0.1) is 17.8 Å². The van der Waals surface area contributed by atoms with Crippen molar-refractivity contribution >= 4 is 57.5 Å². The fraction of sp³-hybridized carbons (Fsp3) is 0.385. The Bertz CT molecular complexity index is 1480. The van der Waals surface area contributed by atoms with E-state index in [0.717, 1.165) is 66.6 Å². The summed E-state index contributed by atoms with van der Waals surface area (Å²) < 4.78 is 12.2. The molecule has 5 heterocycles. The Morgan fingerprint density at radius 1 is 1.08 bits per heavy atom. The van der Waals surface area contributed by atoms with E-state index in [2.05, 4.69) is 43.0 Å². The van der Waals surface area contributed by atoms with Gasteiger partial charge in [0.1, 0.15) is 17.2 Å². The number of anilines is 3. The lowest BCUT2D eigenvalue weighted by Crippen LogP contribution is -2.58. The lowest BCUT2D eigenvalue weighted by Gasteiger charge is -2.42. The normalized spacial score (nSPS) is 21.1. The SMILES string of the molecule is CNc1ncc(-c2nc3cc(N4CC5CNCC(C4)O5)ccc3o2)c2cc(NC(=O)C3CC3)ncc12.Cl. The number of hydrogen-bond acceptors (Lipinski definition) is 9. The number of amides is 1. The highest BCUT2D eigenvalue weighted by molar-refractivity contribution is 6.03. The van der Waals surface area contributed by atoms with Gasteiger partial charge >= 0.3 is 0 Å². The minimum Gasteiger partial charge on any atom is -0.436 e. The third-order valence-corrected chi connectivity index (χ3v) is 7.15. The van der Waals surface area contributed by atoms with Crippen molar-refractivity contribution in [1.82, 2.24) is 20.3 Å². The van der Waals surface area contributed by atoms with Crippen LogP contribution in [0.2, 0.25) is 0 Å². The highest BCUT2D eigenvalue weighted by Crippen LogP contribution is 2.36. The molecular formula is C26H28ClN7O3. The molecule has 2 atom stereocenters. The van der Waals surface area contributed by atoms with Crippen LogP contribution in [0.4, 0.5) is 17.3 Å². The first-order valence-electron chi connectivity index (χ1n) is 12.4. The molecule has 4 aromatic rings. The Morgan fingerprint density at radius 3 is 2.65 bits per heavy atom. The maximum Gasteiger partial charge on any atom is 0.229 e. The van der Waals surface area contributed by atoms with Crippen molar-refractivity contribution in [3.8, 4) is 11.5 Å². The lowest BCUT2D eigenvalue weighted by molar-refractivity contribution is -0.117. The van der Waals surface area contributed by atoms with Crippen molar-refractivity contribution in [3.63, 3.8) is 0 Å². The maximum atomic E-state index is 12.3. The smallest absolute Gasteiger partial charge is 0.229 e. The predicted molar refractivity (Wildman–Crippen MR) is 144 cm³/mol. The molecular weight excluding hydrogens is 494 g/mol. The molecule has 3 aliphatic rings.